The summed E-state index contributed by atoms with van der Waals surface area (Å²) in [6.45, 7) is 1.70. The summed E-state index contributed by atoms with van der Waals surface area (Å²) < 4.78 is 5.45. The highest BCUT2D eigenvalue weighted by Crippen LogP contribution is 2.15. The van der Waals surface area contributed by atoms with Crippen LogP contribution in [-0.4, -0.2) is 55.6 Å². The van der Waals surface area contributed by atoms with E-state index in [-0.39, 0.29) is 11.5 Å². The predicted molar refractivity (Wildman–Crippen MR) is 99.9 cm³/mol. The zero-order chi connectivity index (χ0) is 22.0. The van der Waals surface area contributed by atoms with E-state index in [4.69, 9.17) is 5.73 Å². The molecule has 0 saturated carbocycles. The molecular formula is C18H16N6O6. The van der Waals surface area contributed by atoms with Crippen LogP contribution in [0, 0.1) is 0 Å². The van der Waals surface area contributed by atoms with Crippen LogP contribution in [0.2, 0.25) is 0 Å². The fraction of sp³-hybridized carbons (Fsp3) is 0.167. The second kappa shape index (κ2) is 7.95. The van der Waals surface area contributed by atoms with Gasteiger partial charge in [-0.25, -0.2) is 14.6 Å². The number of esters is 1. The Labute approximate surface area is 168 Å². The fourth-order valence-corrected chi connectivity index (χ4v) is 2.62. The molecule has 12 nitrogen and oxygen atoms in total. The van der Waals surface area contributed by atoms with Crippen molar-refractivity contribution in [3.63, 3.8) is 0 Å². The van der Waals surface area contributed by atoms with Gasteiger partial charge in [0.15, 0.2) is 5.69 Å². The summed E-state index contributed by atoms with van der Waals surface area (Å²) in [5.74, 6) is -4.21. The molecule has 0 fully saturated rings. The number of ether oxygens (including phenoxy) is 1. The average molecular weight is 412 g/mol. The third kappa shape index (κ3) is 3.92. The first-order chi connectivity index (χ1) is 14.2. The summed E-state index contributed by atoms with van der Waals surface area (Å²) in [4.78, 5) is 54.6. The summed E-state index contributed by atoms with van der Waals surface area (Å²) >= 11 is 0. The second-order valence-corrected chi connectivity index (χ2v) is 6.15. The highest BCUT2D eigenvalue weighted by atomic mass is 16.5. The number of hydrogen-bond acceptors (Lipinski definition) is 8. The van der Waals surface area contributed by atoms with E-state index in [9.17, 15) is 24.3 Å². The van der Waals surface area contributed by atoms with Gasteiger partial charge in [0.2, 0.25) is 5.82 Å². The lowest BCUT2D eigenvalue weighted by Gasteiger charge is -2.14. The molecule has 0 unspecified atom stereocenters. The summed E-state index contributed by atoms with van der Waals surface area (Å²) in [5, 5.41) is 15.8. The lowest BCUT2D eigenvalue weighted by Crippen LogP contribution is -2.28. The number of aromatic carboxylic acids is 1. The number of nitrogens with one attached hydrogen (secondary N) is 1. The van der Waals surface area contributed by atoms with Gasteiger partial charge in [-0.05, 0) is 24.6 Å². The predicted octanol–water partition coefficient (Wildman–Crippen LogP) is 0.199. The second-order valence-electron chi connectivity index (χ2n) is 6.15. The van der Waals surface area contributed by atoms with E-state index in [1.54, 1.807) is 31.2 Å². The normalized spacial score (nSPS) is 11.7. The molecule has 3 aromatic rings. The van der Waals surface area contributed by atoms with Crippen LogP contribution in [0.1, 0.15) is 60.5 Å². The third-order valence-electron chi connectivity index (χ3n) is 4.16. The molecule has 0 spiro atoms. The van der Waals surface area contributed by atoms with Gasteiger partial charge in [0.1, 0.15) is 5.69 Å². The SMILES string of the molecule is COC(=O)c1ccc([C@@H](C)NC(=O)c2cc(C(=O)O)n3nc(C(N)=O)nc3n2)cc1. The monoisotopic (exact) mass is 412 g/mol. The molecule has 3 rings (SSSR count). The number of aromatic nitrogens is 4. The molecular weight excluding hydrogens is 396 g/mol. The molecule has 2 heterocycles. The number of nitrogens with zero attached hydrogens (tertiary/aromatic N) is 4. The van der Waals surface area contributed by atoms with Crippen LogP contribution in [0.15, 0.2) is 30.3 Å². The number of carboxylic acids is 1. The molecule has 2 aromatic heterocycles. The molecule has 0 radical (unpaired) electrons. The molecule has 0 aliphatic heterocycles. The number of fused-ring (bicyclic) bond motifs is 1. The minimum Gasteiger partial charge on any atom is -0.477 e. The zero-order valence-electron chi connectivity index (χ0n) is 15.8. The van der Waals surface area contributed by atoms with Gasteiger partial charge in [-0.1, -0.05) is 12.1 Å². The quantitative estimate of drug-likeness (QED) is 0.477. The summed E-state index contributed by atoms with van der Waals surface area (Å²) in [6.07, 6.45) is 0. The van der Waals surface area contributed by atoms with E-state index in [1.165, 1.54) is 7.11 Å². The maximum Gasteiger partial charge on any atom is 0.354 e. The summed E-state index contributed by atoms with van der Waals surface area (Å²) in [6, 6.07) is 6.92. The molecule has 0 saturated heterocycles. The van der Waals surface area contributed by atoms with E-state index in [0.717, 1.165) is 10.6 Å². The third-order valence-corrected chi connectivity index (χ3v) is 4.16. The number of hydrogen-bond donors (Lipinski definition) is 3. The van der Waals surface area contributed by atoms with Crippen molar-refractivity contribution in [3.05, 3.63) is 58.7 Å². The van der Waals surface area contributed by atoms with Crippen LogP contribution in [0.4, 0.5) is 0 Å². The number of carboxylic acid groups (broad SMARTS) is 1. The number of amides is 2. The molecule has 4 N–H and O–H groups in total. The standard InChI is InChI=1S/C18H16N6O6/c1-8(9-3-5-10(6-4-9)17(29)30-2)20-15(26)11-7-12(16(27)28)24-18(21-11)22-14(23-24)13(19)25/h3-8H,1-2H3,(H2,19,25)(H,20,26)(H,27,28)/t8-/m1/s1. The first-order valence-electron chi connectivity index (χ1n) is 8.51. The maximum absolute atomic E-state index is 12.6. The van der Waals surface area contributed by atoms with Gasteiger partial charge in [-0.3, -0.25) is 9.59 Å². The Morgan fingerprint density at radius 1 is 1.17 bits per heavy atom. The molecule has 154 valence electrons. The topological polar surface area (TPSA) is 179 Å². The van der Waals surface area contributed by atoms with Crippen molar-refractivity contribution in [1.29, 1.82) is 0 Å². The van der Waals surface area contributed by atoms with Crippen LogP contribution < -0.4 is 11.1 Å². The number of carbonyl (C=O) groups excluding carboxylic acids is 3. The Morgan fingerprint density at radius 3 is 2.40 bits per heavy atom. The average Bonchev–Trinajstić information content (AvgIpc) is 3.16. The van der Waals surface area contributed by atoms with Gasteiger partial charge in [0, 0.05) is 6.07 Å². The number of primary amides is 1. The molecule has 0 bridgehead atoms. The van der Waals surface area contributed by atoms with Crippen molar-refractivity contribution >= 4 is 29.5 Å². The Morgan fingerprint density at radius 2 is 1.83 bits per heavy atom. The van der Waals surface area contributed by atoms with Crippen molar-refractivity contribution in [3.8, 4) is 0 Å². The summed E-state index contributed by atoms with van der Waals surface area (Å²) in [7, 11) is 1.27. The molecule has 1 atom stereocenters. The lowest BCUT2D eigenvalue weighted by molar-refractivity contribution is 0.0599. The van der Waals surface area contributed by atoms with E-state index < -0.39 is 41.3 Å². The van der Waals surface area contributed by atoms with Crippen molar-refractivity contribution in [2.45, 2.75) is 13.0 Å². The molecule has 0 aliphatic rings. The Hall–Kier alpha value is -4.35. The van der Waals surface area contributed by atoms with E-state index in [0.29, 0.717) is 11.1 Å². The largest absolute Gasteiger partial charge is 0.477 e. The van der Waals surface area contributed by atoms with Crippen molar-refractivity contribution in [2.75, 3.05) is 7.11 Å². The minimum atomic E-state index is -1.40. The molecule has 1 aromatic carbocycles. The Bertz CT molecular complexity index is 1170. The highest BCUT2D eigenvalue weighted by molar-refractivity contribution is 5.96. The molecule has 30 heavy (non-hydrogen) atoms. The van der Waals surface area contributed by atoms with E-state index >= 15 is 0 Å². The van der Waals surface area contributed by atoms with Crippen molar-refractivity contribution < 1.29 is 29.0 Å². The van der Waals surface area contributed by atoms with Gasteiger partial charge in [0.05, 0.1) is 18.7 Å². The molecule has 2 amide bonds. The van der Waals surface area contributed by atoms with Gasteiger partial charge in [0.25, 0.3) is 17.6 Å². The number of nitrogens with two attached hydrogens (primary N) is 1. The van der Waals surface area contributed by atoms with Gasteiger partial charge >= 0.3 is 11.9 Å². The Kier molecular flexibility index (Phi) is 5.40. The zero-order valence-corrected chi connectivity index (χ0v) is 15.8. The molecule has 12 heteroatoms. The van der Waals surface area contributed by atoms with Crippen LogP contribution in [0.3, 0.4) is 0 Å². The van der Waals surface area contributed by atoms with Gasteiger partial charge in [-0.15, -0.1) is 5.10 Å². The van der Waals surface area contributed by atoms with Crippen molar-refractivity contribution in [2.24, 2.45) is 5.73 Å². The van der Waals surface area contributed by atoms with Gasteiger partial charge in [-0.2, -0.15) is 9.50 Å². The first-order valence-corrected chi connectivity index (χ1v) is 8.51. The summed E-state index contributed by atoms with van der Waals surface area (Å²) in [5.41, 5.74) is 5.50. The number of carbonyl (C=O) groups is 4. The fourth-order valence-electron chi connectivity index (χ4n) is 2.62. The van der Waals surface area contributed by atoms with Crippen molar-refractivity contribution in [1.82, 2.24) is 24.9 Å². The minimum absolute atomic E-state index is 0.235. The lowest BCUT2D eigenvalue weighted by atomic mass is 10.1. The van der Waals surface area contributed by atoms with E-state index in [2.05, 4.69) is 25.1 Å². The van der Waals surface area contributed by atoms with Crippen LogP contribution in [0.25, 0.3) is 5.78 Å². The molecule has 0 aliphatic carbocycles. The number of methoxy groups -OCH3 is 1. The van der Waals surface area contributed by atoms with Crippen LogP contribution >= 0.6 is 0 Å². The highest BCUT2D eigenvalue weighted by Gasteiger charge is 2.21. The smallest absolute Gasteiger partial charge is 0.354 e. The van der Waals surface area contributed by atoms with Crippen LogP contribution in [0.5, 0.6) is 0 Å². The van der Waals surface area contributed by atoms with E-state index in [1.807, 2.05) is 0 Å². The number of benzene rings is 1. The maximum atomic E-state index is 12.6. The number of rotatable bonds is 6. The Balaban J connectivity index is 1.88. The van der Waals surface area contributed by atoms with Gasteiger partial charge < -0.3 is 20.9 Å². The first kappa shape index (κ1) is 20.4. The van der Waals surface area contributed by atoms with Crippen LogP contribution in [-0.2, 0) is 4.74 Å².